The highest BCUT2D eigenvalue weighted by atomic mass is 32.2. The van der Waals surface area contributed by atoms with E-state index < -0.39 is 21.9 Å². The van der Waals surface area contributed by atoms with E-state index >= 15 is 0 Å². The number of allylic oxidation sites excluding steroid dienone is 1. The average molecular weight is 307 g/mol. The summed E-state index contributed by atoms with van der Waals surface area (Å²) in [6.07, 6.45) is 1.11. The van der Waals surface area contributed by atoms with Gasteiger partial charge in [-0.1, -0.05) is 30.8 Å². The third-order valence-corrected chi connectivity index (χ3v) is 3.67. The number of ketones is 1. The number of amides is 1. The minimum Gasteiger partial charge on any atom is -0.380 e. The van der Waals surface area contributed by atoms with Crippen molar-refractivity contribution in [3.63, 3.8) is 0 Å². The van der Waals surface area contributed by atoms with E-state index in [9.17, 15) is 18.0 Å². The van der Waals surface area contributed by atoms with Gasteiger partial charge in [-0.3, -0.25) is 9.59 Å². The summed E-state index contributed by atoms with van der Waals surface area (Å²) in [7, 11) is -4.05. The van der Waals surface area contributed by atoms with Gasteiger partial charge in [-0.2, -0.15) is 8.42 Å². The fraction of sp³-hybridized carbons (Fsp3) is 0.143. The highest BCUT2D eigenvalue weighted by Gasteiger charge is 2.26. The molecule has 0 unspecified atom stereocenters. The Kier molecular flexibility index (Phi) is 3.95. The maximum Gasteiger partial charge on any atom is 0.327 e. The van der Waals surface area contributed by atoms with Crippen molar-refractivity contribution >= 4 is 27.6 Å². The van der Waals surface area contributed by atoms with Crippen molar-refractivity contribution in [3.8, 4) is 0 Å². The molecule has 0 saturated carbocycles. The molecule has 1 aromatic rings. The molecule has 2 rings (SSSR count). The van der Waals surface area contributed by atoms with E-state index in [4.69, 9.17) is 4.18 Å². The van der Waals surface area contributed by atoms with Crippen molar-refractivity contribution in [2.24, 2.45) is 0 Å². The minimum absolute atomic E-state index is 0.0415. The molecule has 21 heavy (non-hydrogen) atoms. The van der Waals surface area contributed by atoms with Gasteiger partial charge in [0.05, 0.1) is 0 Å². The molecule has 0 atom stereocenters. The van der Waals surface area contributed by atoms with Crippen LogP contribution in [-0.2, 0) is 19.1 Å². The Balaban J connectivity index is 2.12. The third-order valence-electron chi connectivity index (χ3n) is 2.73. The molecule has 0 fully saturated rings. The topological polar surface area (TPSA) is 89.5 Å². The summed E-state index contributed by atoms with van der Waals surface area (Å²) in [5.41, 5.74) is 0.983. The third kappa shape index (κ3) is 3.38. The lowest BCUT2D eigenvalue weighted by Crippen LogP contribution is -2.30. The number of benzene rings is 1. The standard InChI is InChI=1S/C14H13NO5S/c1-9(2)14(17)15-8-21(18,19)20-13-7-12(16)10-5-3-4-6-11(10)13/h3-7H,1,8H2,2H3,(H,15,17). The van der Waals surface area contributed by atoms with E-state index in [1.165, 1.54) is 6.92 Å². The van der Waals surface area contributed by atoms with Gasteiger partial charge in [0.2, 0.25) is 5.91 Å². The monoisotopic (exact) mass is 307 g/mol. The largest absolute Gasteiger partial charge is 0.380 e. The zero-order valence-corrected chi connectivity index (χ0v) is 12.1. The van der Waals surface area contributed by atoms with Crippen LogP contribution in [-0.4, -0.2) is 26.0 Å². The van der Waals surface area contributed by atoms with Crippen LogP contribution in [0.2, 0.25) is 0 Å². The van der Waals surface area contributed by atoms with Crippen LogP contribution < -0.4 is 5.32 Å². The molecular formula is C14H13NO5S. The number of nitrogens with one attached hydrogen (secondary N) is 1. The Labute approximate surface area is 122 Å². The quantitative estimate of drug-likeness (QED) is 0.652. The number of fused-ring (bicyclic) bond motifs is 1. The molecular weight excluding hydrogens is 294 g/mol. The van der Waals surface area contributed by atoms with Crippen LogP contribution in [0.15, 0.2) is 42.5 Å². The molecule has 0 spiro atoms. The van der Waals surface area contributed by atoms with Crippen LogP contribution in [0.4, 0.5) is 0 Å². The van der Waals surface area contributed by atoms with Gasteiger partial charge in [0, 0.05) is 22.8 Å². The normalized spacial score (nSPS) is 13.4. The molecule has 0 aliphatic heterocycles. The SMILES string of the molecule is C=C(C)C(=O)NCS(=O)(=O)OC1=CC(=O)c2ccccc21. The number of hydrogen-bond donors (Lipinski definition) is 1. The smallest absolute Gasteiger partial charge is 0.327 e. The Morgan fingerprint density at radius 3 is 2.52 bits per heavy atom. The van der Waals surface area contributed by atoms with Crippen molar-refractivity contribution in [2.75, 3.05) is 5.88 Å². The van der Waals surface area contributed by atoms with Crippen molar-refractivity contribution < 1.29 is 22.2 Å². The van der Waals surface area contributed by atoms with Gasteiger partial charge in [-0.05, 0) is 6.92 Å². The molecule has 1 aromatic carbocycles. The van der Waals surface area contributed by atoms with E-state index in [2.05, 4.69) is 11.9 Å². The van der Waals surface area contributed by atoms with Crippen molar-refractivity contribution in [3.05, 3.63) is 53.6 Å². The zero-order chi connectivity index (χ0) is 15.6. The van der Waals surface area contributed by atoms with Gasteiger partial charge >= 0.3 is 10.1 Å². The molecule has 1 aliphatic carbocycles. The van der Waals surface area contributed by atoms with E-state index in [0.29, 0.717) is 11.1 Å². The predicted molar refractivity (Wildman–Crippen MR) is 76.6 cm³/mol. The van der Waals surface area contributed by atoms with Crippen LogP contribution in [0.3, 0.4) is 0 Å². The molecule has 0 radical (unpaired) electrons. The summed E-state index contributed by atoms with van der Waals surface area (Å²) >= 11 is 0. The lowest BCUT2D eigenvalue weighted by molar-refractivity contribution is -0.117. The van der Waals surface area contributed by atoms with E-state index in [0.717, 1.165) is 6.08 Å². The maximum atomic E-state index is 11.8. The fourth-order valence-corrected chi connectivity index (χ4v) is 2.51. The molecule has 0 saturated heterocycles. The van der Waals surface area contributed by atoms with Gasteiger partial charge in [0.25, 0.3) is 0 Å². The first-order valence-corrected chi connectivity index (χ1v) is 7.59. The summed E-state index contributed by atoms with van der Waals surface area (Å²) in [6, 6.07) is 6.52. The molecule has 1 aliphatic rings. The van der Waals surface area contributed by atoms with Gasteiger partial charge in [0.1, 0.15) is 0 Å². The highest BCUT2D eigenvalue weighted by Crippen LogP contribution is 2.29. The number of rotatable bonds is 5. The Bertz CT molecular complexity index is 761. The van der Waals surface area contributed by atoms with Crippen LogP contribution in [0, 0.1) is 0 Å². The molecule has 110 valence electrons. The van der Waals surface area contributed by atoms with Crippen molar-refractivity contribution in [1.29, 1.82) is 0 Å². The van der Waals surface area contributed by atoms with Crippen molar-refractivity contribution in [1.82, 2.24) is 5.32 Å². The number of carbonyl (C=O) groups is 2. The van der Waals surface area contributed by atoms with E-state index in [1.54, 1.807) is 24.3 Å². The Morgan fingerprint density at radius 2 is 1.90 bits per heavy atom. The van der Waals surface area contributed by atoms with Gasteiger partial charge in [-0.15, -0.1) is 0 Å². The first-order valence-electron chi connectivity index (χ1n) is 6.01. The summed E-state index contributed by atoms with van der Waals surface area (Å²) in [5.74, 6) is -1.65. The second-order valence-corrected chi connectivity index (χ2v) is 6.06. The lowest BCUT2D eigenvalue weighted by Gasteiger charge is -2.09. The lowest BCUT2D eigenvalue weighted by atomic mass is 10.1. The molecule has 0 aromatic heterocycles. The Hall–Kier alpha value is -2.41. The van der Waals surface area contributed by atoms with Crippen molar-refractivity contribution in [2.45, 2.75) is 6.92 Å². The second-order valence-electron chi connectivity index (χ2n) is 4.49. The van der Waals surface area contributed by atoms with E-state index in [-0.39, 0.29) is 17.1 Å². The summed E-state index contributed by atoms with van der Waals surface area (Å²) < 4.78 is 28.5. The molecule has 0 heterocycles. The predicted octanol–water partition coefficient (Wildman–Crippen LogP) is 1.22. The summed E-state index contributed by atoms with van der Waals surface area (Å²) in [4.78, 5) is 23.0. The van der Waals surface area contributed by atoms with Crippen LogP contribution in [0.5, 0.6) is 0 Å². The molecule has 1 N–H and O–H groups in total. The second kappa shape index (κ2) is 5.53. The van der Waals surface area contributed by atoms with Crippen LogP contribution in [0.25, 0.3) is 5.76 Å². The summed E-state index contributed by atoms with van der Waals surface area (Å²) in [5, 5.41) is 2.17. The maximum absolute atomic E-state index is 11.8. The van der Waals surface area contributed by atoms with E-state index in [1.807, 2.05) is 0 Å². The molecule has 7 heteroatoms. The Morgan fingerprint density at radius 1 is 1.29 bits per heavy atom. The first-order chi connectivity index (χ1) is 9.80. The van der Waals surface area contributed by atoms with Crippen LogP contribution in [0.1, 0.15) is 22.8 Å². The fourth-order valence-electron chi connectivity index (χ4n) is 1.73. The zero-order valence-electron chi connectivity index (χ0n) is 11.3. The highest BCUT2D eigenvalue weighted by molar-refractivity contribution is 7.86. The number of hydrogen-bond acceptors (Lipinski definition) is 5. The van der Waals surface area contributed by atoms with Crippen LogP contribution >= 0.6 is 0 Å². The van der Waals surface area contributed by atoms with Gasteiger partial charge in [0.15, 0.2) is 17.4 Å². The molecule has 0 bridgehead atoms. The van der Waals surface area contributed by atoms with Gasteiger partial charge in [-0.25, -0.2) is 0 Å². The minimum atomic E-state index is -4.05. The molecule has 6 nitrogen and oxygen atoms in total. The summed E-state index contributed by atoms with van der Waals surface area (Å²) in [6.45, 7) is 4.85. The van der Waals surface area contributed by atoms with Gasteiger partial charge < -0.3 is 9.50 Å². The number of carbonyl (C=O) groups excluding carboxylic acids is 2. The first kappa shape index (κ1) is 15.0. The average Bonchev–Trinajstić information content (AvgIpc) is 2.73. The molecule has 1 amide bonds.